The Labute approximate surface area is 89.5 Å². The second-order valence-corrected chi connectivity index (χ2v) is 4.55. The first-order valence-corrected chi connectivity index (χ1v) is 5.61. The first kappa shape index (κ1) is 8.98. The fourth-order valence-electron chi connectivity index (χ4n) is 2.80. The van der Waals surface area contributed by atoms with Gasteiger partial charge in [0.1, 0.15) is 0 Å². The van der Waals surface area contributed by atoms with Gasteiger partial charge in [-0.2, -0.15) is 0 Å². The number of fused-ring (bicyclic) bond motifs is 1. The molecule has 0 amide bonds. The molecule has 0 unspecified atom stereocenters. The summed E-state index contributed by atoms with van der Waals surface area (Å²) in [7, 11) is 0. The molecule has 1 saturated heterocycles. The topological polar surface area (TPSA) is 38.0 Å². The summed E-state index contributed by atoms with van der Waals surface area (Å²) < 4.78 is 0. The highest BCUT2D eigenvalue weighted by Gasteiger charge is 2.35. The summed E-state index contributed by atoms with van der Waals surface area (Å²) in [6.45, 7) is 2.15. The van der Waals surface area contributed by atoms with Gasteiger partial charge < -0.3 is 11.1 Å². The Morgan fingerprint density at radius 1 is 1.13 bits per heavy atom. The van der Waals surface area contributed by atoms with Crippen molar-refractivity contribution < 1.29 is 0 Å². The zero-order valence-electron chi connectivity index (χ0n) is 8.79. The van der Waals surface area contributed by atoms with Crippen molar-refractivity contribution in [2.45, 2.75) is 12.8 Å². The monoisotopic (exact) mass is 200 g/mol. The molecule has 78 valence electrons. The number of nitrogens with two attached hydrogens (primary N) is 1. The number of piperidine rings is 1. The zero-order chi connectivity index (χ0) is 10.3. The quantitative estimate of drug-likeness (QED) is 0.614. The Balaban J connectivity index is 2.21. The maximum absolute atomic E-state index is 6.31. The Morgan fingerprint density at radius 2 is 1.87 bits per heavy atom. The van der Waals surface area contributed by atoms with Gasteiger partial charge in [0.25, 0.3) is 0 Å². The first-order valence-electron chi connectivity index (χ1n) is 5.61. The van der Waals surface area contributed by atoms with Gasteiger partial charge in [-0.05, 0) is 31.1 Å². The molecule has 1 aliphatic carbocycles. The van der Waals surface area contributed by atoms with Crippen molar-refractivity contribution in [3.63, 3.8) is 0 Å². The average Bonchev–Trinajstić information content (AvgIpc) is 2.54. The highest BCUT2D eigenvalue weighted by Crippen LogP contribution is 2.37. The molecule has 15 heavy (non-hydrogen) atoms. The number of nitrogens with one attached hydrogen (secondary N) is 1. The van der Waals surface area contributed by atoms with Crippen LogP contribution in [-0.4, -0.2) is 13.1 Å². The molecule has 1 spiro atoms. The summed E-state index contributed by atoms with van der Waals surface area (Å²) >= 11 is 0. The first-order chi connectivity index (χ1) is 7.32. The van der Waals surface area contributed by atoms with Crippen molar-refractivity contribution >= 4 is 11.8 Å². The minimum Gasteiger partial charge on any atom is -0.401 e. The minimum atomic E-state index is 0.148. The Bertz CT molecular complexity index is 496. The third kappa shape index (κ3) is 1.21. The lowest BCUT2D eigenvalue weighted by Gasteiger charge is -2.33. The zero-order valence-corrected chi connectivity index (χ0v) is 8.79. The van der Waals surface area contributed by atoms with Gasteiger partial charge in [-0.15, -0.1) is 0 Å². The lowest BCUT2D eigenvalue weighted by Crippen LogP contribution is -2.38. The van der Waals surface area contributed by atoms with Crippen LogP contribution in [0, 0.1) is 5.41 Å². The van der Waals surface area contributed by atoms with Crippen LogP contribution in [0.15, 0.2) is 24.3 Å². The van der Waals surface area contributed by atoms with Crippen LogP contribution >= 0.6 is 0 Å². The van der Waals surface area contributed by atoms with Gasteiger partial charge >= 0.3 is 0 Å². The van der Waals surface area contributed by atoms with Crippen LogP contribution in [-0.2, 0) is 0 Å². The molecule has 1 heterocycles. The molecule has 1 fully saturated rings. The minimum absolute atomic E-state index is 0.148. The predicted octanol–water partition coefficient (Wildman–Crippen LogP) is -0.0826. The van der Waals surface area contributed by atoms with Gasteiger partial charge in [0.2, 0.25) is 0 Å². The molecule has 2 nitrogen and oxygen atoms in total. The van der Waals surface area contributed by atoms with E-state index in [9.17, 15) is 0 Å². The van der Waals surface area contributed by atoms with E-state index >= 15 is 0 Å². The van der Waals surface area contributed by atoms with Crippen molar-refractivity contribution in [3.8, 4) is 0 Å². The summed E-state index contributed by atoms with van der Waals surface area (Å²) in [6, 6.07) is 8.46. The second-order valence-electron chi connectivity index (χ2n) is 4.55. The van der Waals surface area contributed by atoms with E-state index in [4.69, 9.17) is 5.73 Å². The third-order valence-corrected chi connectivity index (χ3v) is 3.71. The molecule has 0 bridgehead atoms. The van der Waals surface area contributed by atoms with E-state index in [1.807, 2.05) is 0 Å². The predicted molar refractivity (Wildman–Crippen MR) is 62.3 cm³/mol. The Morgan fingerprint density at radius 3 is 2.60 bits per heavy atom. The van der Waals surface area contributed by atoms with Gasteiger partial charge in [0, 0.05) is 16.3 Å². The number of benzene rings is 1. The summed E-state index contributed by atoms with van der Waals surface area (Å²) in [5.41, 5.74) is 7.54. The molecular formula is C13H16N2. The van der Waals surface area contributed by atoms with Gasteiger partial charge in [0.05, 0.1) is 0 Å². The fourth-order valence-corrected chi connectivity index (χ4v) is 2.80. The van der Waals surface area contributed by atoms with Crippen molar-refractivity contribution in [3.05, 3.63) is 34.7 Å². The maximum Gasteiger partial charge on any atom is 0.0317 e. The lowest BCUT2D eigenvalue weighted by atomic mass is 9.78. The van der Waals surface area contributed by atoms with E-state index in [2.05, 4.69) is 35.7 Å². The standard InChI is InChI=1S/C13H16N2/c14-12-11-4-2-1-3-10(11)9-13(12)5-7-15-8-6-13/h1-4,9,15H,5-8,14H2. The van der Waals surface area contributed by atoms with Crippen LogP contribution in [0.5, 0.6) is 0 Å². The lowest BCUT2D eigenvalue weighted by molar-refractivity contribution is 0.374. The van der Waals surface area contributed by atoms with E-state index in [0.717, 1.165) is 31.6 Å². The molecule has 0 aromatic heterocycles. The normalized spacial score (nSPS) is 22.5. The second kappa shape index (κ2) is 3.11. The van der Waals surface area contributed by atoms with Crippen LogP contribution < -0.4 is 21.5 Å². The number of hydrogen-bond acceptors (Lipinski definition) is 2. The number of rotatable bonds is 0. The highest BCUT2D eigenvalue weighted by molar-refractivity contribution is 5.66. The van der Waals surface area contributed by atoms with Crippen molar-refractivity contribution in [1.82, 2.24) is 5.32 Å². The molecule has 0 saturated carbocycles. The SMILES string of the molecule is NC1=c2ccccc2=CC12CCNCC2. The summed E-state index contributed by atoms with van der Waals surface area (Å²) in [5.74, 6) is 0. The molecule has 3 N–H and O–H groups in total. The summed E-state index contributed by atoms with van der Waals surface area (Å²) in [5, 5.41) is 5.96. The average molecular weight is 200 g/mol. The van der Waals surface area contributed by atoms with Crippen LogP contribution in [0.3, 0.4) is 0 Å². The fraction of sp³-hybridized carbons (Fsp3) is 0.385. The largest absolute Gasteiger partial charge is 0.401 e. The van der Waals surface area contributed by atoms with Crippen molar-refractivity contribution in [2.75, 3.05) is 13.1 Å². The van der Waals surface area contributed by atoms with Gasteiger partial charge in [-0.1, -0.05) is 30.3 Å². The molecule has 0 radical (unpaired) electrons. The van der Waals surface area contributed by atoms with E-state index in [-0.39, 0.29) is 5.41 Å². The van der Waals surface area contributed by atoms with E-state index in [1.165, 1.54) is 10.4 Å². The summed E-state index contributed by atoms with van der Waals surface area (Å²) in [4.78, 5) is 0. The molecular weight excluding hydrogens is 184 g/mol. The highest BCUT2D eigenvalue weighted by atomic mass is 14.9. The molecule has 2 aliphatic rings. The third-order valence-electron chi connectivity index (χ3n) is 3.71. The maximum atomic E-state index is 6.31. The van der Waals surface area contributed by atoms with Crippen LogP contribution in [0.1, 0.15) is 12.8 Å². The molecule has 3 rings (SSSR count). The van der Waals surface area contributed by atoms with E-state index in [0.29, 0.717) is 0 Å². The Kier molecular flexibility index (Phi) is 1.86. The van der Waals surface area contributed by atoms with Gasteiger partial charge in [0.15, 0.2) is 0 Å². The summed E-state index contributed by atoms with van der Waals surface area (Å²) in [6.07, 6.45) is 4.64. The Hall–Kier alpha value is -1.28. The van der Waals surface area contributed by atoms with Crippen LogP contribution in [0.25, 0.3) is 11.8 Å². The van der Waals surface area contributed by atoms with Gasteiger partial charge in [-0.25, -0.2) is 0 Å². The molecule has 1 aromatic carbocycles. The number of hydrogen-bond donors (Lipinski definition) is 2. The van der Waals surface area contributed by atoms with Crippen LogP contribution in [0.4, 0.5) is 0 Å². The van der Waals surface area contributed by atoms with Crippen LogP contribution in [0.2, 0.25) is 0 Å². The van der Waals surface area contributed by atoms with Gasteiger partial charge in [-0.3, -0.25) is 0 Å². The van der Waals surface area contributed by atoms with Crippen molar-refractivity contribution in [1.29, 1.82) is 0 Å². The van der Waals surface area contributed by atoms with Crippen molar-refractivity contribution in [2.24, 2.45) is 11.1 Å². The molecule has 1 aliphatic heterocycles. The van der Waals surface area contributed by atoms with E-state index in [1.54, 1.807) is 0 Å². The molecule has 2 heteroatoms. The smallest absolute Gasteiger partial charge is 0.0317 e. The molecule has 0 atom stereocenters. The van der Waals surface area contributed by atoms with E-state index < -0.39 is 0 Å². The molecule has 1 aromatic rings.